The number of aromatic nitrogens is 2. The third-order valence-electron chi connectivity index (χ3n) is 4.27. The van der Waals surface area contributed by atoms with Crippen LogP contribution in [0.4, 0.5) is 0 Å². The Kier molecular flexibility index (Phi) is 4.80. The Labute approximate surface area is 125 Å². The van der Waals surface area contributed by atoms with Crippen LogP contribution in [-0.2, 0) is 21.9 Å². The highest BCUT2D eigenvalue weighted by atomic mass is 35.7. The molecule has 0 atom stereocenters. The van der Waals surface area contributed by atoms with Gasteiger partial charge in [0.1, 0.15) is 4.90 Å². The quantitative estimate of drug-likeness (QED) is 0.796. The highest BCUT2D eigenvalue weighted by molar-refractivity contribution is 8.13. The fourth-order valence-corrected chi connectivity index (χ4v) is 4.65. The van der Waals surface area contributed by atoms with E-state index in [0.29, 0.717) is 24.6 Å². The van der Waals surface area contributed by atoms with Gasteiger partial charge in [-0.3, -0.25) is 4.68 Å². The first kappa shape index (κ1) is 15.8. The summed E-state index contributed by atoms with van der Waals surface area (Å²) in [6, 6.07) is 0.318. The molecule has 0 saturated heterocycles. The smallest absolute Gasteiger partial charge is 0.264 e. The molecule has 114 valence electrons. The second-order valence-electron chi connectivity index (χ2n) is 5.73. The van der Waals surface area contributed by atoms with Gasteiger partial charge in [-0.15, -0.1) is 0 Å². The first-order valence-electron chi connectivity index (χ1n) is 7.43. The molecule has 2 rings (SSSR count). The minimum Gasteiger partial charge on any atom is -0.265 e. The number of hydrogen-bond donors (Lipinski definition) is 0. The molecule has 0 aliphatic heterocycles. The van der Waals surface area contributed by atoms with Crippen LogP contribution in [0.15, 0.2) is 4.90 Å². The van der Waals surface area contributed by atoms with Crippen LogP contribution < -0.4 is 0 Å². The molecule has 20 heavy (non-hydrogen) atoms. The molecule has 1 aliphatic rings. The van der Waals surface area contributed by atoms with Crippen LogP contribution >= 0.6 is 10.7 Å². The predicted molar refractivity (Wildman–Crippen MR) is 80.7 cm³/mol. The summed E-state index contributed by atoms with van der Waals surface area (Å²) in [7, 11) is 1.89. The Morgan fingerprint density at radius 3 is 2.25 bits per heavy atom. The molecule has 1 saturated carbocycles. The third-order valence-corrected chi connectivity index (χ3v) is 5.70. The molecule has 0 spiro atoms. The monoisotopic (exact) mass is 318 g/mol. The molecule has 1 fully saturated rings. The normalized spacial score (nSPS) is 24.0. The fraction of sp³-hybridized carbons (Fsp3) is 0.786. The fourth-order valence-electron chi connectivity index (χ4n) is 3.13. The highest BCUT2D eigenvalue weighted by Crippen LogP contribution is 2.35. The van der Waals surface area contributed by atoms with Crippen LogP contribution in [0.3, 0.4) is 0 Å². The molecule has 0 amide bonds. The van der Waals surface area contributed by atoms with Crippen LogP contribution in [0.25, 0.3) is 0 Å². The number of hydrogen-bond acceptors (Lipinski definition) is 3. The largest absolute Gasteiger partial charge is 0.265 e. The van der Waals surface area contributed by atoms with E-state index in [-0.39, 0.29) is 4.90 Å². The van der Waals surface area contributed by atoms with E-state index < -0.39 is 9.05 Å². The van der Waals surface area contributed by atoms with Crippen molar-refractivity contribution in [1.82, 2.24) is 9.78 Å². The summed E-state index contributed by atoms with van der Waals surface area (Å²) in [6.45, 7) is 6.15. The maximum Gasteiger partial charge on any atom is 0.264 e. The third kappa shape index (κ3) is 3.03. The van der Waals surface area contributed by atoms with Gasteiger partial charge in [-0.05, 0) is 44.4 Å². The topological polar surface area (TPSA) is 52.0 Å². The van der Waals surface area contributed by atoms with Gasteiger partial charge >= 0.3 is 0 Å². The summed E-state index contributed by atoms with van der Waals surface area (Å²) in [5.74, 6) is 0.758. The molecule has 1 aliphatic carbocycles. The van der Waals surface area contributed by atoms with Crippen molar-refractivity contribution in [2.45, 2.75) is 70.2 Å². The van der Waals surface area contributed by atoms with Gasteiger partial charge in [0.2, 0.25) is 0 Å². The van der Waals surface area contributed by atoms with E-state index in [0.717, 1.165) is 24.5 Å². The number of halogens is 1. The van der Waals surface area contributed by atoms with Crippen molar-refractivity contribution in [2.24, 2.45) is 5.92 Å². The molecule has 0 aromatic carbocycles. The van der Waals surface area contributed by atoms with Gasteiger partial charge in [0.25, 0.3) is 9.05 Å². The second-order valence-corrected chi connectivity index (χ2v) is 8.23. The van der Waals surface area contributed by atoms with Gasteiger partial charge in [0.15, 0.2) is 0 Å². The van der Waals surface area contributed by atoms with Crippen LogP contribution in [0.2, 0.25) is 0 Å². The lowest BCUT2D eigenvalue weighted by atomic mass is 9.87. The van der Waals surface area contributed by atoms with Gasteiger partial charge in [-0.2, -0.15) is 5.10 Å². The maximum absolute atomic E-state index is 11.9. The van der Waals surface area contributed by atoms with E-state index in [1.54, 1.807) is 0 Å². The van der Waals surface area contributed by atoms with Gasteiger partial charge in [0.05, 0.1) is 17.4 Å². The van der Waals surface area contributed by atoms with Crippen molar-refractivity contribution in [3.8, 4) is 0 Å². The average molecular weight is 319 g/mol. The summed E-state index contributed by atoms with van der Waals surface area (Å²) in [6.07, 6.45) is 5.72. The molecular weight excluding hydrogens is 296 g/mol. The lowest BCUT2D eigenvalue weighted by molar-refractivity contribution is 0.268. The second kappa shape index (κ2) is 6.06. The minimum absolute atomic E-state index is 0.253. The lowest BCUT2D eigenvalue weighted by Crippen LogP contribution is -2.20. The van der Waals surface area contributed by atoms with Crippen molar-refractivity contribution in [1.29, 1.82) is 0 Å². The molecule has 4 nitrogen and oxygen atoms in total. The zero-order valence-corrected chi connectivity index (χ0v) is 14.0. The van der Waals surface area contributed by atoms with Crippen molar-refractivity contribution in [3.05, 3.63) is 11.4 Å². The summed E-state index contributed by atoms with van der Waals surface area (Å²) < 4.78 is 25.6. The summed E-state index contributed by atoms with van der Waals surface area (Å²) in [5.41, 5.74) is 1.38. The Morgan fingerprint density at radius 1 is 1.20 bits per heavy atom. The molecule has 6 heteroatoms. The lowest BCUT2D eigenvalue weighted by Gasteiger charge is -2.27. The van der Waals surface area contributed by atoms with Crippen LogP contribution in [0.1, 0.15) is 63.9 Å². The van der Waals surface area contributed by atoms with Crippen LogP contribution in [0, 0.1) is 5.92 Å². The standard InChI is InChI=1S/C14H23ClN2O2S/c1-4-12-14(20(15,18)19)13(5-2)17(16-12)11-8-6-10(3)7-9-11/h10-11H,4-9H2,1-3H3. The van der Waals surface area contributed by atoms with Crippen molar-refractivity contribution in [2.75, 3.05) is 0 Å². The molecule has 1 aromatic heterocycles. The zero-order valence-electron chi connectivity index (χ0n) is 12.4. The molecular formula is C14H23ClN2O2S. The Morgan fingerprint density at radius 2 is 1.80 bits per heavy atom. The minimum atomic E-state index is -3.73. The summed E-state index contributed by atoms with van der Waals surface area (Å²) in [5, 5.41) is 4.57. The summed E-state index contributed by atoms with van der Waals surface area (Å²) >= 11 is 0. The summed E-state index contributed by atoms with van der Waals surface area (Å²) in [4.78, 5) is 0.253. The van der Waals surface area contributed by atoms with E-state index in [4.69, 9.17) is 10.7 Å². The Balaban J connectivity index is 2.46. The van der Waals surface area contributed by atoms with Gasteiger partial charge < -0.3 is 0 Å². The number of nitrogens with zero attached hydrogens (tertiary/aromatic N) is 2. The van der Waals surface area contributed by atoms with E-state index in [1.807, 2.05) is 18.5 Å². The van der Waals surface area contributed by atoms with E-state index >= 15 is 0 Å². The first-order valence-corrected chi connectivity index (χ1v) is 9.74. The van der Waals surface area contributed by atoms with Gasteiger partial charge in [0, 0.05) is 10.7 Å². The molecule has 0 unspecified atom stereocenters. The Hall–Kier alpha value is -0.550. The maximum atomic E-state index is 11.9. The van der Waals surface area contributed by atoms with Crippen molar-refractivity contribution < 1.29 is 8.42 Å². The number of aryl methyl sites for hydroxylation is 1. The van der Waals surface area contributed by atoms with E-state index in [2.05, 4.69) is 12.0 Å². The van der Waals surface area contributed by atoms with Gasteiger partial charge in [-0.1, -0.05) is 20.8 Å². The van der Waals surface area contributed by atoms with Crippen molar-refractivity contribution in [3.63, 3.8) is 0 Å². The average Bonchev–Trinajstić information content (AvgIpc) is 2.78. The van der Waals surface area contributed by atoms with E-state index in [9.17, 15) is 8.42 Å². The molecule has 0 radical (unpaired) electrons. The zero-order chi connectivity index (χ0) is 14.9. The Bertz CT molecular complexity index is 572. The molecule has 1 aromatic rings. The van der Waals surface area contributed by atoms with Gasteiger partial charge in [-0.25, -0.2) is 8.42 Å². The molecule has 0 N–H and O–H groups in total. The van der Waals surface area contributed by atoms with E-state index in [1.165, 1.54) is 12.8 Å². The molecule has 1 heterocycles. The van der Waals surface area contributed by atoms with Crippen LogP contribution in [-0.4, -0.2) is 18.2 Å². The molecule has 0 bridgehead atoms. The number of rotatable bonds is 4. The highest BCUT2D eigenvalue weighted by Gasteiger charge is 2.29. The van der Waals surface area contributed by atoms with Crippen LogP contribution in [0.5, 0.6) is 0 Å². The predicted octanol–water partition coefficient (Wildman–Crippen LogP) is 3.69. The first-order chi connectivity index (χ1) is 9.38. The SMILES string of the molecule is CCc1nn(C2CCC(C)CC2)c(CC)c1S(=O)(=O)Cl. The van der Waals surface area contributed by atoms with Crippen molar-refractivity contribution >= 4 is 19.7 Å².